The number of esters is 1. The average molecular weight is 391 g/mol. The van der Waals surface area contributed by atoms with Gasteiger partial charge in [0.15, 0.2) is 6.73 Å². The van der Waals surface area contributed by atoms with Gasteiger partial charge < -0.3 is 9.47 Å². The predicted molar refractivity (Wildman–Crippen MR) is 101 cm³/mol. The second-order valence-electron chi connectivity index (χ2n) is 6.39. The monoisotopic (exact) mass is 391 g/mol. The lowest BCUT2D eigenvalue weighted by molar-refractivity contribution is 0.0232. The summed E-state index contributed by atoms with van der Waals surface area (Å²) in [4.78, 5) is 39.5. The molecule has 2 aromatic carbocycles. The molecule has 0 saturated carbocycles. The lowest BCUT2D eigenvalue weighted by Gasteiger charge is -2.16. The van der Waals surface area contributed by atoms with Crippen molar-refractivity contribution in [3.05, 3.63) is 76.2 Å². The summed E-state index contributed by atoms with van der Waals surface area (Å²) in [5.41, 5.74) is 2.50. The number of para-hydroxylation sites is 1. The van der Waals surface area contributed by atoms with E-state index in [2.05, 4.69) is 0 Å². The summed E-state index contributed by atoms with van der Waals surface area (Å²) < 4.78 is 11.0. The molecule has 0 spiro atoms. The maximum absolute atomic E-state index is 12.5. The number of imide groups is 1. The second kappa shape index (κ2) is 6.31. The first-order chi connectivity index (χ1) is 13.6. The Morgan fingerprint density at radius 3 is 2.36 bits per heavy atom. The van der Waals surface area contributed by atoms with Gasteiger partial charge in [0.25, 0.3) is 11.8 Å². The molecule has 0 atom stereocenters. The number of carbonyl (C=O) groups excluding carboxylic acids is 3. The summed E-state index contributed by atoms with van der Waals surface area (Å²) >= 11 is 1.31. The van der Waals surface area contributed by atoms with Gasteiger partial charge in [-0.1, -0.05) is 24.3 Å². The molecule has 0 radical (unpaired) electrons. The first kappa shape index (κ1) is 16.7. The largest absolute Gasteiger partial charge is 0.488 e. The van der Waals surface area contributed by atoms with E-state index in [-0.39, 0.29) is 0 Å². The van der Waals surface area contributed by atoms with Crippen LogP contribution in [0.25, 0.3) is 10.4 Å². The molecule has 3 heterocycles. The molecule has 0 bridgehead atoms. The number of ether oxygens (including phenoxy) is 2. The van der Waals surface area contributed by atoms with Crippen LogP contribution in [0.5, 0.6) is 5.75 Å². The van der Waals surface area contributed by atoms with E-state index in [1.807, 2.05) is 24.3 Å². The van der Waals surface area contributed by atoms with Gasteiger partial charge in [-0.25, -0.2) is 9.69 Å². The Labute approximate surface area is 163 Å². The standard InChI is InChI=1S/C21H13NO5S/c23-19-13-5-1-2-6-14(13)20(24)22(19)11-27-21(25)17-9-12-10-26-16-8-4-3-7-15(16)18(12)28-17/h1-9H,10-11H2. The zero-order valence-electron chi connectivity index (χ0n) is 14.5. The van der Waals surface area contributed by atoms with E-state index in [0.717, 1.165) is 26.7 Å². The van der Waals surface area contributed by atoms with Crippen molar-refractivity contribution in [1.29, 1.82) is 0 Å². The van der Waals surface area contributed by atoms with Crippen LogP contribution in [-0.4, -0.2) is 29.4 Å². The van der Waals surface area contributed by atoms with Crippen LogP contribution >= 0.6 is 11.3 Å². The number of rotatable bonds is 3. The molecule has 0 fully saturated rings. The highest BCUT2D eigenvalue weighted by Gasteiger charge is 2.36. The third-order valence-corrected chi connectivity index (χ3v) is 5.92. The van der Waals surface area contributed by atoms with E-state index in [4.69, 9.17) is 9.47 Å². The minimum absolute atomic E-state index is 0.323. The number of thiophene rings is 1. The number of hydrogen-bond acceptors (Lipinski definition) is 6. The molecule has 28 heavy (non-hydrogen) atoms. The van der Waals surface area contributed by atoms with Crippen LogP contribution in [0.1, 0.15) is 36.0 Å². The number of carbonyl (C=O) groups is 3. The summed E-state index contributed by atoms with van der Waals surface area (Å²) in [6.45, 7) is -0.0324. The van der Waals surface area contributed by atoms with Crippen molar-refractivity contribution in [2.75, 3.05) is 6.73 Å². The predicted octanol–water partition coefficient (Wildman–Crippen LogP) is 3.72. The fraction of sp³-hybridized carbons (Fsp3) is 0.0952. The van der Waals surface area contributed by atoms with E-state index in [1.54, 1.807) is 30.3 Å². The summed E-state index contributed by atoms with van der Waals surface area (Å²) in [5.74, 6) is -0.710. The van der Waals surface area contributed by atoms with Crippen LogP contribution < -0.4 is 4.74 Å². The van der Waals surface area contributed by atoms with Crippen molar-refractivity contribution in [3.63, 3.8) is 0 Å². The molecule has 0 unspecified atom stereocenters. The van der Waals surface area contributed by atoms with Crippen molar-refractivity contribution >= 4 is 29.1 Å². The Balaban J connectivity index is 1.34. The Hall–Kier alpha value is -3.45. The Morgan fingerprint density at radius 2 is 1.64 bits per heavy atom. The minimum Gasteiger partial charge on any atom is -0.488 e. The number of nitrogens with zero attached hydrogens (tertiary/aromatic N) is 1. The maximum atomic E-state index is 12.5. The smallest absolute Gasteiger partial charge is 0.350 e. The Morgan fingerprint density at radius 1 is 1.00 bits per heavy atom. The summed E-state index contributed by atoms with van der Waals surface area (Å²) in [6, 6.07) is 15.9. The molecule has 2 aliphatic rings. The van der Waals surface area contributed by atoms with E-state index in [9.17, 15) is 14.4 Å². The Bertz CT molecular complexity index is 1110. The molecule has 138 valence electrons. The van der Waals surface area contributed by atoms with E-state index >= 15 is 0 Å². The van der Waals surface area contributed by atoms with Crippen LogP contribution in [0.4, 0.5) is 0 Å². The van der Waals surface area contributed by atoms with Gasteiger partial charge >= 0.3 is 5.97 Å². The van der Waals surface area contributed by atoms with Crippen molar-refractivity contribution in [2.24, 2.45) is 0 Å². The molecule has 2 amide bonds. The number of fused-ring (bicyclic) bond motifs is 4. The fourth-order valence-electron chi connectivity index (χ4n) is 3.35. The first-order valence-corrected chi connectivity index (χ1v) is 9.42. The highest BCUT2D eigenvalue weighted by Crippen LogP contribution is 2.42. The summed E-state index contributed by atoms with van der Waals surface area (Å²) in [5, 5.41) is 0. The van der Waals surface area contributed by atoms with Crippen molar-refractivity contribution in [1.82, 2.24) is 4.90 Å². The lowest BCUT2D eigenvalue weighted by atomic mass is 10.1. The van der Waals surface area contributed by atoms with Gasteiger partial charge in [0.1, 0.15) is 17.2 Å². The summed E-state index contributed by atoms with van der Waals surface area (Å²) in [6.07, 6.45) is 0. The van der Waals surface area contributed by atoms with Crippen LogP contribution in [0, 0.1) is 0 Å². The number of benzene rings is 2. The normalized spacial score (nSPS) is 14.2. The quantitative estimate of drug-likeness (QED) is 0.503. The van der Waals surface area contributed by atoms with Gasteiger partial charge in [-0.2, -0.15) is 0 Å². The van der Waals surface area contributed by atoms with E-state index in [0.29, 0.717) is 22.6 Å². The van der Waals surface area contributed by atoms with Crippen LogP contribution in [0.2, 0.25) is 0 Å². The van der Waals surface area contributed by atoms with Crippen molar-refractivity contribution in [2.45, 2.75) is 6.61 Å². The van der Waals surface area contributed by atoms with Gasteiger partial charge in [0, 0.05) is 16.0 Å². The summed E-state index contributed by atoms with van der Waals surface area (Å²) in [7, 11) is 0. The molecule has 6 nitrogen and oxygen atoms in total. The molecular weight excluding hydrogens is 378 g/mol. The van der Waals surface area contributed by atoms with Gasteiger partial charge in [0.05, 0.1) is 11.1 Å². The SMILES string of the molecule is O=C(OCN1C(=O)c2ccccc2C1=O)c1cc2c(s1)-c1ccccc1OC2. The zero-order valence-corrected chi connectivity index (χ0v) is 15.3. The fourth-order valence-corrected chi connectivity index (χ4v) is 4.44. The van der Waals surface area contributed by atoms with Gasteiger partial charge in [-0.3, -0.25) is 9.59 Å². The average Bonchev–Trinajstić information content (AvgIpc) is 3.27. The van der Waals surface area contributed by atoms with Crippen LogP contribution in [-0.2, 0) is 11.3 Å². The van der Waals surface area contributed by atoms with Crippen molar-refractivity contribution in [3.8, 4) is 16.2 Å². The topological polar surface area (TPSA) is 72.9 Å². The van der Waals surface area contributed by atoms with E-state index < -0.39 is 24.5 Å². The molecule has 7 heteroatoms. The van der Waals surface area contributed by atoms with Gasteiger partial charge in [-0.15, -0.1) is 11.3 Å². The molecule has 2 aliphatic heterocycles. The minimum atomic E-state index is -0.576. The van der Waals surface area contributed by atoms with Gasteiger partial charge in [0.2, 0.25) is 0 Å². The molecule has 0 saturated heterocycles. The lowest BCUT2D eigenvalue weighted by Crippen LogP contribution is -2.33. The third kappa shape index (κ3) is 2.51. The van der Waals surface area contributed by atoms with Crippen LogP contribution in [0.3, 0.4) is 0 Å². The highest BCUT2D eigenvalue weighted by molar-refractivity contribution is 7.17. The molecule has 3 aromatic rings. The third-order valence-electron chi connectivity index (χ3n) is 4.73. The first-order valence-electron chi connectivity index (χ1n) is 8.61. The maximum Gasteiger partial charge on any atom is 0.350 e. The second-order valence-corrected chi connectivity index (χ2v) is 7.45. The number of hydrogen-bond donors (Lipinski definition) is 0. The number of amides is 2. The zero-order chi connectivity index (χ0) is 19.3. The van der Waals surface area contributed by atoms with E-state index in [1.165, 1.54) is 11.3 Å². The van der Waals surface area contributed by atoms with Crippen molar-refractivity contribution < 1.29 is 23.9 Å². The molecule has 5 rings (SSSR count). The molecule has 1 aromatic heterocycles. The molecule has 0 aliphatic carbocycles. The Kier molecular flexibility index (Phi) is 3.77. The molecule has 0 N–H and O–H groups in total. The van der Waals surface area contributed by atoms with Crippen LogP contribution in [0.15, 0.2) is 54.6 Å². The highest BCUT2D eigenvalue weighted by atomic mass is 32.1. The molecular formula is C21H13NO5S. The van der Waals surface area contributed by atoms with Gasteiger partial charge in [-0.05, 0) is 30.3 Å².